The van der Waals surface area contributed by atoms with Gasteiger partial charge in [-0.1, -0.05) is 37.6 Å². The normalized spacial score (nSPS) is 11.1. The highest BCUT2D eigenvalue weighted by Crippen LogP contribution is 2.23. The predicted molar refractivity (Wildman–Crippen MR) is 81.3 cm³/mol. The molecule has 6 heteroatoms. The summed E-state index contributed by atoms with van der Waals surface area (Å²) >= 11 is 5.99. The van der Waals surface area contributed by atoms with Gasteiger partial charge in [0.15, 0.2) is 0 Å². The average molecular weight is 311 g/mol. The van der Waals surface area contributed by atoms with E-state index >= 15 is 0 Å². The lowest BCUT2D eigenvalue weighted by Gasteiger charge is -2.16. The second-order valence-electron chi connectivity index (χ2n) is 4.77. The summed E-state index contributed by atoms with van der Waals surface area (Å²) in [6.45, 7) is 3.80. The van der Waals surface area contributed by atoms with Gasteiger partial charge in [0.1, 0.15) is 11.0 Å². The predicted octanol–water partition coefficient (Wildman–Crippen LogP) is 3.36. The molecule has 0 bridgehead atoms. The molecule has 0 aliphatic carbocycles. The van der Waals surface area contributed by atoms with Crippen molar-refractivity contribution in [3.8, 4) is 11.1 Å². The summed E-state index contributed by atoms with van der Waals surface area (Å²) in [6, 6.07) is 5.36. The first-order chi connectivity index (χ1) is 9.99. The Morgan fingerprint density at radius 3 is 2.52 bits per heavy atom. The van der Waals surface area contributed by atoms with Crippen molar-refractivity contribution in [3.63, 3.8) is 0 Å². The van der Waals surface area contributed by atoms with Crippen molar-refractivity contribution in [2.75, 3.05) is 0 Å². The van der Waals surface area contributed by atoms with Gasteiger partial charge in [-0.15, -0.1) is 0 Å². The van der Waals surface area contributed by atoms with E-state index in [2.05, 4.69) is 4.98 Å². The van der Waals surface area contributed by atoms with Gasteiger partial charge in [0.05, 0.1) is 5.56 Å². The molecule has 2 rings (SSSR count). The third kappa shape index (κ3) is 2.93. The van der Waals surface area contributed by atoms with Gasteiger partial charge in [0.25, 0.3) is 5.56 Å². The summed E-state index contributed by atoms with van der Waals surface area (Å²) in [5, 5.41) is -0.0715. The molecule has 0 spiro atoms. The smallest absolute Gasteiger partial charge is 0.297 e. The number of benzene rings is 1. The fourth-order valence-corrected chi connectivity index (χ4v) is 2.67. The number of hydrogen-bond donors (Lipinski definition) is 1. The third-order valence-electron chi connectivity index (χ3n) is 3.51. The van der Waals surface area contributed by atoms with Crippen LogP contribution in [0.2, 0.25) is 5.15 Å². The lowest BCUT2D eigenvalue weighted by molar-refractivity contribution is 0.440. The van der Waals surface area contributed by atoms with E-state index in [0.717, 1.165) is 4.57 Å². The van der Waals surface area contributed by atoms with Crippen molar-refractivity contribution in [2.24, 2.45) is 0 Å². The first-order valence-corrected chi connectivity index (χ1v) is 7.17. The molecule has 2 aromatic rings. The van der Waals surface area contributed by atoms with Crippen LogP contribution in [-0.2, 0) is 0 Å². The highest BCUT2D eigenvalue weighted by atomic mass is 35.5. The summed E-state index contributed by atoms with van der Waals surface area (Å²) in [4.78, 5) is 27.1. The summed E-state index contributed by atoms with van der Waals surface area (Å²) in [5.74, 6) is -0.469. The lowest BCUT2D eigenvalue weighted by atomic mass is 10.1. The Hall–Kier alpha value is -1.88. The molecule has 1 aromatic carbocycles. The molecule has 21 heavy (non-hydrogen) atoms. The molecule has 0 aliphatic rings. The van der Waals surface area contributed by atoms with Crippen LogP contribution in [-0.4, -0.2) is 9.55 Å². The summed E-state index contributed by atoms with van der Waals surface area (Å²) in [5.41, 5.74) is -0.578. The van der Waals surface area contributed by atoms with Crippen LogP contribution in [0.4, 0.5) is 4.39 Å². The third-order valence-corrected chi connectivity index (χ3v) is 3.79. The maximum Gasteiger partial charge on any atom is 0.329 e. The molecule has 0 aliphatic heterocycles. The zero-order chi connectivity index (χ0) is 15.6. The van der Waals surface area contributed by atoms with Gasteiger partial charge in [-0.3, -0.25) is 14.3 Å². The first kappa shape index (κ1) is 15.5. The van der Waals surface area contributed by atoms with E-state index in [1.165, 1.54) is 18.2 Å². The quantitative estimate of drug-likeness (QED) is 0.880. The standard InChI is InChI=1S/C15H16ClFN2O2/c1-3-11(4-2)19-14(20)12(13(16)18-15(19)21)9-6-5-7-10(17)8-9/h5-8,11H,3-4H2,1-2H3,(H,18,21). The Balaban J connectivity index is 2.76. The van der Waals surface area contributed by atoms with Crippen LogP contribution in [0.5, 0.6) is 0 Å². The molecule has 0 radical (unpaired) electrons. The molecule has 0 saturated carbocycles. The largest absolute Gasteiger partial charge is 0.329 e. The van der Waals surface area contributed by atoms with Gasteiger partial charge >= 0.3 is 5.69 Å². The lowest BCUT2D eigenvalue weighted by Crippen LogP contribution is -2.38. The topological polar surface area (TPSA) is 54.9 Å². The molecular formula is C15H16ClFN2O2. The van der Waals surface area contributed by atoms with Crippen LogP contribution in [0.1, 0.15) is 32.7 Å². The Bertz CT molecular complexity index is 763. The van der Waals surface area contributed by atoms with Crippen molar-refractivity contribution in [1.82, 2.24) is 9.55 Å². The molecule has 0 unspecified atom stereocenters. The van der Waals surface area contributed by atoms with Crippen LogP contribution in [0.15, 0.2) is 33.9 Å². The van der Waals surface area contributed by atoms with Crippen LogP contribution in [0, 0.1) is 5.82 Å². The monoisotopic (exact) mass is 310 g/mol. The number of hydrogen-bond acceptors (Lipinski definition) is 2. The van der Waals surface area contributed by atoms with E-state index in [-0.39, 0.29) is 16.8 Å². The highest BCUT2D eigenvalue weighted by Gasteiger charge is 2.19. The van der Waals surface area contributed by atoms with Gasteiger partial charge in [0, 0.05) is 6.04 Å². The number of H-pyrrole nitrogens is 1. The molecule has 112 valence electrons. The molecule has 0 atom stereocenters. The van der Waals surface area contributed by atoms with E-state index in [1.54, 1.807) is 6.07 Å². The maximum absolute atomic E-state index is 13.4. The minimum atomic E-state index is -0.543. The Morgan fingerprint density at radius 2 is 1.95 bits per heavy atom. The van der Waals surface area contributed by atoms with Crippen LogP contribution in [0.3, 0.4) is 0 Å². The molecule has 0 fully saturated rings. The molecular weight excluding hydrogens is 295 g/mol. The van der Waals surface area contributed by atoms with Gasteiger partial charge in [-0.2, -0.15) is 0 Å². The van der Waals surface area contributed by atoms with Gasteiger partial charge in [0.2, 0.25) is 0 Å². The van der Waals surface area contributed by atoms with E-state index in [9.17, 15) is 14.0 Å². The van der Waals surface area contributed by atoms with Crippen LogP contribution >= 0.6 is 11.6 Å². The number of aromatic nitrogens is 2. The van der Waals surface area contributed by atoms with Crippen molar-refractivity contribution < 1.29 is 4.39 Å². The van der Waals surface area contributed by atoms with Crippen molar-refractivity contribution in [3.05, 3.63) is 56.1 Å². The van der Waals surface area contributed by atoms with Gasteiger partial charge < -0.3 is 0 Å². The summed E-state index contributed by atoms with van der Waals surface area (Å²) in [7, 11) is 0. The SMILES string of the molecule is CCC(CC)n1c(=O)[nH]c(Cl)c(-c2cccc(F)c2)c1=O. The molecule has 0 amide bonds. The number of nitrogens with zero attached hydrogens (tertiary/aromatic N) is 1. The Kier molecular flexibility index (Phi) is 4.63. The minimum absolute atomic E-state index is 0.0715. The number of halogens is 2. The van der Waals surface area contributed by atoms with E-state index < -0.39 is 17.1 Å². The number of rotatable bonds is 4. The Morgan fingerprint density at radius 1 is 1.29 bits per heavy atom. The fraction of sp³-hybridized carbons (Fsp3) is 0.333. The molecule has 1 heterocycles. The minimum Gasteiger partial charge on any atom is -0.297 e. The van der Waals surface area contributed by atoms with Crippen LogP contribution < -0.4 is 11.2 Å². The fourth-order valence-electron chi connectivity index (χ4n) is 2.40. The first-order valence-electron chi connectivity index (χ1n) is 6.79. The summed E-state index contributed by atoms with van der Waals surface area (Å²) in [6.07, 6.45) is 1.29. The van der Waals surface area contributed by atoms with E-state index in [4.69, 9.17) is 11.6 Å². The summed E-state index contributed by atoms with van der Waals surface area (Å²) < 4.78 is 14.5. The molecule has 4 nitrogen and oxygen atoms in total. The molecule has 1 aromatic heterocycles. The maximum atomic E-state index is 13.4. The molecule has 1 N–H and O–H groups in total. The number of aromatic amines is 1. The highest BCUT2D eigenvalue weighted by molar-refractivity contribution is 6.32. The average Bonchev–Trinajstić information content (AvgIpc) is 2.43. The molecule has 0 saturated heterocycles. The zero-order valence-corrected chi connectivity index (χ0v) is 12.6. The second-order valence-corrected chi connectivity index (χ2v) is 5.15. The second kappa shape index (κ2) is 6.26. The number of nitrogens with one attached hydrogen (secondary N) is 1. The van der Waals surface area contributed by atoms with E-state index in [1.807, 2.05) is 13.8 Å². The van der Waals surface area contributed by atoms with Gasteiger partial charge in [-0.25, -0.2) is 9.18 Å². The zero-order valence-electron chi connectivity index (χ0n) is 11.8. The van der Waals surface area contributed by atoms with Gasteiger partial charge in [-0.05, 0) is 30.5 Å². The van der Waals surface area contributed by atoms with E-state index in [0.29, 0.717) is 18.4 Å². The van der Waals surface area contributed by atoms with Crippen molar-refractivity contribution >= 4 is 11.6 Å². The van der Waals surface area contributed by atoms with Crippen molar-refractivity contribution in [1.29, 1.82) is 0 Å². The van der Waals surface area contributed by atoms with Crippen LogP contribution in [0.25, 0.3) is 11.1 Å². The Labute approximate surface area is 126 Å². The van der Waals surface area contributed by atoms with Crippen molar-refractivity contribution in [2.45, 2.75) is 32.7 Å².